The van der Waals surface area contributed by atoms with Crippen molar-refractivity contribution in [3.8, 4) is 0 Å². The summed E-state index contributed by atoms with van der Waals surface area (Å²) < 4.78 is 26.8. The van der Waals surface area contributed by atoms with Gasteiger partial charge in [0.1, 0.15) is 61.0 Å². The molecular weight excluding hydrogens is 468 g/mol. The van der Waals surface area contributed by atoms with Gasteiger partial charge in [0.05, 0.1) is 39.1 Å². The van der Waals surface area contributed by atoms with Gasteiger partial charge in [-0.25, -0.2) is 0 Å². The first-order valence-corrected chi connectivity index (χ1v) is 10.8. The summed E-state index contributed by atoms with van der Waals surface area (Å²) in [4.78, 5) is 0. The van der Waals surface area contributed by atoms with Crippen LogP contribution in [0.4, 0.5) is 0 Å². The number of aliphatic hydroxyl groups is 10. The monoisotopic (exact) mass is 504 g/mol. The highest BCUT2D eigenvalue weighted by atomic mass is 16.7. The predicted octanol–water partition coefficient (Wildman–Crippen LogP) is -6.25. The van der Waals surface area contributed by atoms with E-state index in [0.29, 0.717) is 0 Å². The zero-order valence-corrected chi connectivity index (χ0v) is 18.6. The van der Waals surface area contributed by atoms with Crippen LogP contribution in [0.15, 0.2) is 0 Å². The topological polar surface area (TPSA) is 248 Å². The van der Waals surface area contributed by atoms with Crippen molar-refractivity contribution in [1.29, 1.82) is 0 Å². The quantitative estimate of drug-likeness (QED) is 0.111. The maximum atomic E-state index is 10.1. The lowest BCUT2D eigenvalue weighted by atomic mass is 9.96. The number of rotatable bonds is 12. The van der Waals surface area contributed by atoms with Crippen molar-refractivity contribution in [3.05, 3.63) is 0 Å². The number of aliphatic hydroxyl groups excluding tert-OH is 10. The molecule has 202 valence electrons. The molecule has 10 N–H and O–H groups in total. The van der Waals surface area contributed by atoms with Gasteiger partial charge in [0.15, 0.2) is 12.6 Å². The third-order valence-electron chi connectivity index (χ3n) is 5.81. The van der Waals surface area contributed by atoms with Crippen LogP contribution in [-0.4, -0.2) is 164 Å². The number of hydrogen-bond acceptors (Lipinski definition) is 15. The van der Waals surface area contributed by atoms with E-state index in [1.807, 2.05) is 0 Å². The molecule has 0 aromatic heterocycles. The van der Waals surface area contributed by atoms with Gasteiger partial charge in [-0.15, -0.1) is 0 Å². The van der Waals surface area contributed by atoms with Crippen molar-refractivity contribution < 1.29 is 74.7 Å². The second-order valence-electron chi connectivity index (χ2n) is 8.21. The molecule has 2 fully saturated rings. The van der Waals surface area contributed by atoms with E-state index in [-0.39, 0.29) is 6.61 Å². The Bertz CT molecular complexity index is 582. The smallest absolute Gasteiger partial charge is 0.187 e. The van der Waals surface area contributed by atoms with E-state index in [4.69, 9.17) is 23.7 Å². The molecule has 7 unspecified atom stereocenters. The SMILES string of the molecule is C[C@H]1OC(CO[C@H](CO)OC(CO)[C@@H](CO)O[C@H]2OC(CO)[C@@H](O)C(O)C2O)[C@@H](O)C(O)C1O. The zero-order valence-electron chi connectivity index (χ0n) is 18.6. The Morgan fingerprint density at radius 2 is 1.26 bits per heavy atom. The average molecular weight is 504 g/mol. The molecular formula is C19H36O15. The molecule has 2 rings (SSSR count). The summed E-state index contributed by atoms with van der Waals surface area (Å²) in [6.07, 6.45) is -18.3. The van der Waals surface area contributed by atoms with Crippen LogP contribution in [-0.2, 0) is 23.7 Å². The molecule has 0 aliphatic carbocycles. The predicted molar refractivity (Wildman–Crippen MR) is 107 cm³/mol. The van der Waals surface area contributed by atoms with E-state index in [2.05, 4.69) is 0 Å². The standard InChI is InChI=1S/C19H36O15/c1-7-13(24)16(27)15(26)11(31-7)6-30-12(5-23)32-8(2-20)9(3-21)33-19-18(29)17(28)14(25)10(4-22)34-19/h7-29H,2-6H2,1H3/t7-,8?,9-,10?,11?,12+,13?,14-,15-,16?,17?,18?,19+/m1/s1. The van der Waals surface area contributed by atoms with Crippen molar-refractivity contribution in [3.63, 3.8) is 0 Å². The summed E-state index contributed by atoms with van der Waals surface area (Å²) in [5.41, 5.74) is 0. The fraction of sp³-hybridized carbons (Fsp3) is 1.00. The van der Waals surface area contributed by atoms with Gasteiger partial charge in [-0.2, -0.15) is 0 Å². The molecule has 15 nitrogen and oxygen atoms in total. The second kappa shape index (κ2) is 13.6. The average Bonchev–Trinajstić information content (AvgIpc) is 2.84. The van der Waals surface area contributed by atoms with Crippen molar-refractivity contribution in [2.75, 3.05) is 33.0 Å². The van der Waals surface area contributed by atoms with Gasteiger partial charge in [0.2, 0.25) is 0 Å². The van der Waals surface area contributed by atoms with Crippen molar-refractivity contribution in [2.24, 2.45) is 0 Å². The maximum Gasteiger partial charge on any atom is 0.187 e. The molecule has 0 amide bonds. The van der Waals surface area contributed by atoms with Gasteiger partial charge in [0.25, 0.3) is 0 Å². The Labute approximate surface area is 195 Å². The highest BCUT2D eigenvalue weighted by Crippen LogP contribution is 2.25. The largest absolute Gasteiger partial charge is 0.394 e. The molecule has 0 aromatic rings. The van der Waals surface area contributed by atoms with Gasteiger partial charge < -0.3 is 74.7 Å². The van der Waals surface area contributed by atoms with Crippen molar-refractivity contribution >= 4 is 0 Å². The van der Waals surface area contributed by atoms with Crippen LogP contribution < -0.4 is 0 Å². The summed E-state index contributed by atoms with van der Waals surface area (Å²) in [5.74, 6) is 0. The van der Waals surface area contributed by atoms with E-state index < -0.39 is 106 Å². The number of ether oxygens (including phenoxy) is 5. The Hall–Kier alpha value is -0.600. The maximum absolute atomic E-state index is 10.1. The van der Waals surface area contributed by atoms with Crippen LogP contribution in [0.2, 0.25) is 0 Å². The molecule has 0 spiro atoms. The first-order valence-electron chi connectivity index (χ1n) is 10.8. The van der Waals surface area contributed by atoms with E-state index in [9.17, 15) is 51.1 Å². The highest BCUT2D eigenvalue weighted by molar-refractivity contribution is 4.91. The lowest BCUT2D eigenvalue weighted by Crippen LogP contribution is -2.60. The first kappa shape index (κ1) is 29.6. The van der Waals surface area contributed by atoms with E-state index in [1.54, 1.807) is 0 Å². The van der Waals surface area contributed by atoms with E-state index in [1.165, 1.54) is 6.92 Å². The molecule has 2 aliphatic rings. The van der Waals surface area contributed by atoms with Crippen molar-refractivity contribution in [2.45, 2.75) is 86.6 Å². The fourth-order valence-electron chi connectivity index (χ4n) is 3.65. The van der Waals surface area contributed by atoms with Crippen LogP contribution >= 0.6 is 0 Å². The highest BCUT2D eigenvalue weighted by Gasteiger charge is 2.46. The normalized spacial score (nSPS) is 41.7. The summed E-state index contributed by atoms with van der Waals surface area (Å²) in [7, 11) is 0. The molecule has 2 saturated heterocycles. The molecule has 0 bridgehead atoms. The van der Waals surface area contributed by atoms with E-state index in [0.717, 1.165) is 0 Å². The van der Waals surface area contributed by atoms with Crippen LogP contribution in [0.5, 0.6) is 0 Å². The Morgan fingerprint density at radius 1 is 0.676 bits per heavy atom. The first-order chi connectivity index (χ1) is 16.1. The van der Waals surface area contributed by atoms with Crippen LogP contribution in [0.25, 0.3) is 0 Å². The van der Waals surface area contributed by atoms with Gasteiger partial charge in [-0.05, 0) is 6.92 Å². The molecule has 0 radical (unpaired) electrons. The van der Waals surface area contributed by atoms with Crippen LogP contribution in [0, 0.1) is 0 Å². The Balaban J connectivity index is 1.97. The number of hydrogen-bond donors (Lipinski definition) is 10. The van der Waals surface area contributed by atoms with Crippen LogP contribution in [0.3, 0.4) is 0 Å². The molecule has 2 aliphatic heterocycles. The van der Waals surface area contributed by atoms with Gasteiger partial charge >= 0.3 is 0 Å². The fourth-order valence-corrected chi connectivity index (χ4v) is 3.65. The third-order valence-corrected chi connectivity index (χ3v) is 5.81. The summed E-state index contributed by atoms with van der Waals surface area (Å²) >= 11 is 0. The van der Waals surface area contributed by atoms with E-state index >= 15 is 0 Å². The Kier molecular flexibility index (Phi) is 11.9. The summed E-state index contributed by atoms with van der Waals surface area (Å²) in [5, 5.41) is 97.7. The minimum absolute atomic E-state index is 0.379. The van der Waals surface area contributed by atoms with Gasteiger partial charge in [-0.1, -0.05) is 0 Å². The molecule has 2 heterocycles. The van der Waals surface area contributed by atoms with Gasteiger partial charge in [-0.3, -0.25) is 0 Å². The minimum Gasteiger partial charge on any atom is -0.394 e. The molecule has 34 heavy (non-hydrogen) atoms. The second-order valence-corrected chi connectivity index (χ2v) is 8.21. The van der Waals surface area contributed by atoms with Gasteiger partial charge in [0, 0.05) is 0 Å². The Morgan fingerprint density at radius 3 is 1.82 bits per heavy atom. The minimum atomic E-state index is -1.76. The lowest BCUT2D eigenvalue weighted by molar-refractivity contribution is -0.328. The van der Waals surface area contributed by atoms with Crippen LogP contribution in [0.1, 0.15) is 6.92 Å². The molecule has 13 atom stereocenters. The third kappa shape index (κ3) is 7.00. The zero-order chi connectivity index (χ0) is 25.6. The summed E-state index contributed by atoms with van der Waals surface area (Å²) in [6.45, 7) is -1.86. The molecule has 0 saturated carbocycles. The molecule has 0 aromatic carbocycles. The summed E-state index contributed by atoms with van der Waals surface area (Å²) in [6, 6.07) is 0. The van der Waals surface area contributed by atoms with Crippen molar-refractivity contribution in [1.82, 2.24) is 0 Å². The molecule has 15 heteroatoms. The lowest BCUT2D eigenvalue weighted by Gasteiger charge is -2.41.